The summed E-state index contributed by atoms with van der Waals surface area (Å²) in [6, 6.07) is 8.64. The highest BCUT2D eigenvalue weighted by Crippen LogP contribution is 2.11. The second kappa shape index (κ2) is 7.23. The number of nitrogens with zero attached hydrogens (tertiary/aromatic N) is 2. The molecule has 2 rings (SSSR count). The second-order valence-corrected chi connectivity index (χ2v) is 4.29. The van der Waals surface area contributed by atoms with E-state index in [1.54, 1.807) is 24.4 Å². The summed E-state index contributed by atoms with van der Waals surface area (Å²) in [5.74, 6) is 0.0647. The largest absolute Gasteiger partial charge is 0.478 e. The van der Waals surface area contributed by atoms with Gasteiger partial charge in [-0.05, 0) is 25.0 Å². The van der Waals surface area contributed by atoms with Crippen LogP contribution >= 0.6 is 0 Å². The van der Waals surface area contributed by atoms with Crippen LogP contribution in [0.25, 0.3) is 0 Å². The van der Waals surface area contributed by atoms with Crippen LogP contribution in [0.3, 0.4) is 0 Å². The fourth-order valence-corrected chi connectivity index (χ4v) is 1.91. The van der Waals surface area contributed by atoms with Gasteiger partial charge >= 0.3 is 5.97 Å². The molecule has 0 aliphatic rings. The summed E-state index contributed by atoms with van der Waals surface area (Å²) in [5.41, 5.74) is 1.10. The zero-order valence-electron chi connectivity index (χ0n) is 11.7. The van der Waals surface area contributed by atoms with Crippen molar-refractivity contribution in [2.45, 2.75) is 13.3 Å². The summed E-state index contributed by atoms with van der Waals surface area (Å²) in [6.45, 7) is 2.97. The quantitative estimate of drug-likeness (QED) is 0.812. The van der Waals surface area contributed by atoms with Crippen molar-refractivity contribution in [2.24, 2.45) is 0 Å². The summed E-state index contributed by atoms with van der Waals surface area (Å²) in [5, 5.41) is 12.2. The van der Waals surface area contributed by atoms with Crippen LogP contribution in [-0.4, -0.2) is 34.2 Å². The lowest BCUT2D eigenvalue weighted by atomic mass is 10.0. The molecule has 0 aliphatic carbocycles. The molecule has 0 spiro atoms. The summed E-state index contributed by atoms with van der Waals surface area (Å²) in [7, 11) is 0. The van der Waals surface area contributed by atoms with Crippen LogP contribution in [0, 0.1) is 0 Å². The van der Waals surface area contributed by atoms with Crippen molar-refractivity contribution in [3.8, 4) is 5.88 Å². The standard InChI is InChI=1S/C15H17N3O3/c1-2-21-13-8-10-17-15(18-13)16-9-7-11-5-3-4-6-12(11)14(19)20/h3-6,8,10H,2,7,9H2,1H3,(H,19,20)(H,16,17,18). The van der Waals surface area contributed by atoms with Crippen LogP contribution in [0.5, 0.6) is 5.88 Å². The molecule has 0 saturated carbocycles. The Morgan fingerprint density at radius 1 is 1.33 bits per heavy atom. The number of aromatic carboxylic acids is 1. The van der Waals surface area contributed by atoms with Crippen molar-refractivity contribution in [1.82, 2.24) is 9.97 Å². The molecule has 0 amide bonds. The molecule has 1 aromatic carbocycles. The van der Waals surface area contributed by atoms with E-state index in [1.165, 1.54) is 0 Å². The molecular formula is C15H17N3O3. The van der Waals surface area contributed by atoms with E-state index in [0.29, 0.717) is 37.0 Å². The van der Waals surface area contributed by atoms with Crippen molar-refractivity contribution in [3.63, 3.8) is 0 Å². The van der Waals surface area contributed by atoms with Gasteiger partial charge in [0.25, 0.3) is 0 Å². The number of rotatable bonds is 7. The first kappa shape index (κ1) is 14.8. The molecule has 0 saturated heterocycles. The molecular weight excluding hydrogens is 270 g/mol. The molecule has 6 heteroatoms. The molecule has 2 aromatic rings. The van der Waals surface area contributed by atoms with Gasteiger partial charge in [-0.3, -0.25) is 0 Å². The van der Waals surface area contributed by atoms with Gasteiger partial charge in [0.1, 0.15) is 0 Å². The highest BCUT2D eigenvalue weighted by atomic mass is 16.5. The lowest BCUT2D eigenvalue weighted by Gasteiger charge is -2.08. The Kier molecular flexibility index (Phi) is 5.09. The number of carboxylic acids is 1. The van der Waals surface area contributed by atoms with Crippen LogP contribution in [0.2, 0.25) is 0 Å². The van der Waals surface area contributed by atoms with Crippen LogP contribution in [0.1, 0.15) is 22.8 Å². The van der Waals surface area contributed by atoms with E-state index in [-0.39, 0.29) is 0 Å². The number of ether oxygens (including phenoxy) is 1. The third-order valence-corrected chi connectivity index (χ3v) is 2.85. The van der Waals surface area contributed by atoms with Gasteiger partial charge < -0.3 is 15.2 Å². The number of anilines is 1. The van der Waals surface area contributed by atoms with Crippen LogP contribution in [-0.2, 0) is 6.42 Å². The van der Waals surface area contributed by atoms with E-state index in [1.807, 2.05) is 19.1 Å². The maximum Gasteiger partial charge on any atom is 0.335 e. The predicted molar refractivity (Wildman–Crippen MR) is 78.8 cm³/mol. The molecule has 0 radical (unpaired) electrons. The maximum atomic E-state index is 11.1. The molecule has 1 aromatic heterocycles. The number of carboxylic acid groups (broad SMARTS) is 1. The summed E-state index contributed by atoms with van der Waals surface area (Å²) >= 11 is 0. The van der Waals surface area contributed by atoms with Gasteiger partial charge in [0.05, 0.1) is 12.2 Å². The molecule has 0 atom stereocenters. The third kappa shape index (κ3) is 4.17. The first-order valence-electron chi connectivity index (χ1n) is 6.71. The lowest BCUT2D eigenvalue weighted by molar-refractivity contribution is 0.0695. The zero-order chi connectivity index (χ0) is 15.1. The average molecular weight is 287 g/mol. The van der Waals surface area contributed by atoms with Crippen molar-refractivity contribution >= 4 is 11.9 Å². The Hall–Kier alpha value is -2.63. The van der Waals surface area contributed by atoms with E-state index in [9.17, 15) is 4.79 Å². The summed E-state index contributed by atoms with van der Waals surface area (Å²) in [6.07, 6.45) is 2.19. The number of carbonyl (C=O) groups is 1. The number of hydrogen-bond acceptors (Lipinski definition) is 5. The average Bonchev–Trinajstić information content (AvgIpc) is 2.48. The normalized spacial score (nSPS) is 10.1. The van der Waals surface area contributed by atoms with Gasteiger partial charge in [-0.1, -0.05) is 18.2 Å². The van der Waals surface area contributed by atoms with Crippen LogP contribution < -0.4 is 10.1 Å². The van der Waals surface area contributed by atoms with E-state index < -0.39 is 5.97 Å². The first-order valence-corrected chi connectivity index (χ1v) is 6.71. The minimum absolute atomic E-state index is 0.322. The SMILES string of the molecule is CCOc1ccnc(NCCc2ccccc2C(=O)O)n1. The van der Waals surface area contributed by atoms with Crippen LogP contribution in [0.15, 0.2) is 36.5 Å². The smallest absolute Gasteiger partial charge is 0.335 e. The lowest BCUT2D eigenvalue weighted by Crippen LogP contribution is -2.11. The molecule has 2 N–H and O–H groups in total. The van der Waals surface area contributed by atoms with E-state index in [4.69, 9.17) is 9.84 Å². The number of hydrogen-bond donors (Lipinski definition) is 2. The van der Waals surface area contributed by atoms with Crippen molar-refractivity contribution < 1.29 is 14.6 Å². The van der Waals surface area contributed by atoms with Gasteiger partial charge in [-0.2, -0.15) is 4.98 Å². The maximum absolute atomic E-state index is 11.1. The molecule has 0 fully saturated rings. The summed E-state index contributed by atoms with van der Waals surface area (Å²) in [4.78, 5) is 19.4. The highest BCUT2D eigenvalue weighted by Gasteiger charge is 2.08. The Labute approximate surface area is 122 Å². The van der Waals surface area contributed by atoms with Crippen molar-refractivity contribution in [3.05, 3.63) is 47.7 Å². The Balaban J connectivity index is 1.95. The van der Waals surface area contributed by atoms with Crippen LogP contribution in [0.4, 0.5) is 5.95 Å². The first-order chi connectivity index (χ1) is 10.2. The minimum atomic E-state index is -0.916. The van der Waals surface area contributed by atoms with Crippen molar-refractivity contribution in [1.29, 1.82) is 0 Å². The molecule has 21 heavy (non-hydrogen) atoms. The topological polar surface area (TPSA) is 84.3 Å². The predicted octanol–water partition coefficient (Wildman–Crippen LogP) is 2.23. The van der Waals surface area contributed by atoms with Gasteiger partial charge in [-0.15, -0.1) is 0 Å². The number of nitrogens with one attached hydrogen (secondary N) is 1. The van der Waals surface area contributed by atoms with E-state index in [2.05, 4.69) is 15.3 Å². The molecule has 0 unspecified atom stereocenters. The Morgan fingerprint density at radius 3 is 2.90 bits per heavy atom. The molecule has 0 bridgehead atoms. The molecule has 0 aliphatic heterocycles. The summed E-state index contributed by atoms with van der Waals surface area (Å²) < 4.78 is 5.29. The van der Waals surface area contributed by atoms with Gasteiger partial charge in [0.15, 0.2) is 0 Å². The number of aromatic nitrogens is 2. The molecule has 110 valence electrons. The Bertz CT molecular complexity index is 617. The highest BCUT2D eigenvalue weighted by molar-refractivity contribution is 5.89. The van der Waals surface area contributed by atoms with Gasteiger partial charge in [0.2, 0.25) is 11.8 Å². The van der Waals surface area contributed by atoms with E-state index in [0.717, 1.165) is 5.56 Å². The van der Waals surface area contributed by atoms with Gasteiger partial charge in [0, 0.05) is 18.8 Å². The minimum Gasteiger partial charge on any atom is -0.478 e. The molecule has 6 nitrogen and oxygen atoms in total. The van der Waals surface area contributed by atoms with E-state index >= 15 is 0 Å². The monoisotopic (exact) mass is 287 g/mol. The zero-order valence-corrected chi connectivity index (χ0v) is 11.7. The number of benzene rings is 1. The fourth-order valence-electron chi connectivity index (χ4n) is 1.91. The van der Waals surface area contributed by atoms with Crippen molar-refractivity contribution in [2.75, 3.05) is 18.5 Å². The second-order valence-electron chi connectivity index (χ2n) is 4.29. The van der Waals surface area contributed by atoms with Gasteiger partial charge in [-0.25, -0.2) is 9.78 Å². The third-order valence-electron chi connectivity index (χ3n) is 2.85. The Morgan fingerprint density at radius 2 is 2.14 bits per heavy atom. The fraction of sp³-hybridized carbons (Fsp3) is 0.267. The molecule has 1 heterocycles.